The lowest BCUT2D eigenvalue weighted by Gasteiger charge is -2.58. The lowest BCUT2D eigenvalue weighted by atomic mass is 9.80. The van der Waals surface area contributed by atoms with Crippen LogP contribution in [-0.4, -0.2) is 73.4 Å². The lowest BCUT2D eigenvalue weighted by molar-refractivity contribution is -0.0833. The van der Waals surface area contributed by atoms with E-state index in [1.54, 1.807) is 12.1 Å². The summed E-state index contributed by atoms with van der Waals surface area (Å²) in [4.78, 5) is 5.20. The van der Waals surface area contributed by atoms with Crippen LogP contribution in [0.3, 0.4) is 0 Å². The highest BCUT2D eigenvalue weighted by Gasteiger charge is 2.47. The second kappa shape index (κ2) is 16.2. The zero-order valence-corrected chi connectivity index (χ0v) is 24.9. The first-order chi connectivity index (χ1) is 17.9. The molecule has 0 aromatic heterocycles. The van der Waals surface area contributed by atoms with Crippen molar-refractivity contribution in [2.45, 2.75) is 68.7 Å². The second-order valence-electron chi connectivity index (χ2n) is 11.0. The van der Waals surface area contributed by atoms with Crippen molar-refractivity contribution < 1.29 is 13.9 Å². The molecule has 4 rings (SSSR count). The van der Waals surface area contributed by atoms with Crippen LogP contribution < -0.4 is 10.6 Å². The summed E-state index contributed by atoms with van der Waals surface area (Å²) in [6.07, 6.45) is 6.91. The number of hydrogen-bond acceptors (Lipinski definition) is 5. The molecular formula is C30H46Cl2F2N4O. The molecule has 2 fully saturated rings. The minimum Gasteiger partial charge on any atom is -0.393 e. The molecule has 2 heterocycles. The van der Waals surface area contributed by atoms with Crippen molar-refractivity contribution in [3.63, 3.8) is 0 Å². The van der Waals surface area contributed by atoms with Gasteiger partial charge in [-0.25, -0.2) is 8.78 Å². The van der Waals surface area contributed by atoms with Crippen molar-refractivity contribution in [2.75, 3.05) is 46.8 Å². The first kappa shape index (κ1) is 33.9. The molecule has 2 aliphatic heterocycles. The number of likely N-dealkylation sites (tertiary alicyclic amines) is 2. The van der Waals surface area contributed by atoms with Crippen molar-refractivity contribution in [1.82, 2.24) is 20.4 Å². The van der Waals surface area contributed by atoms with Gasteiger partial charge in [0.15, 0.2) is 0 Å². The van der Waals surface area contributed by atoms with Gasteiger partial charge >= 0.3 is 0 Å². The Hall–Kier alpha value is -1.32. The topological polar surface area (TPSA) is 50.8 Å². The van der Waals surface area contributed by atoms with Gasteiger partial charge in [0.1, 0.15) is 11.6 Å². The van der Waals surface area contributed by atoms with Crippen LogP contribution in [0.5, 0.6) is 0 Å². The molecule has 2 saturated heterocycles. The Kier molecular flexibility index (Phi) is 14.1. The molecule has 9 heteroatoms. The Morgan fingerprint density at radius 2 is 1.28 bits per heavy atom. The Balaban J connectivity index is 0.00000267. The highest BCUT2D eigenvalue weighted by molar-refractivity contribution is 5.85. The minimum absolute atomic E-state index is 0. The van der Waals surface area contributed by atoms with Crippen LogP contribution in [0.25, 0.3) is 0 Å². The Labute approximate surface area is 245 Å². The van der Waals surface area contributed by atoms with Crippen molar-refractivity contribution in [2.24, 2.45) is 0 Å². The molecule has 2 aliphatic rings. The quantitative estimate of drug-likeness (QED) is 0.290. The summed E-state index contributed by atoms with van der Waals surface area (Å²) in [5.74, 6) is -0.391. The van der Waals surface area contributed by atoms with E-state index in [4.69, 9.17) is 0 Å². The summed E-state index contributed by atoms with van der Waals surface area (Å²) in [5, 5.41) is 16.9. The molecule has 2 unspecified atom stereocenters. The lowest BCUT2D eigenvalue weighted by Crippen LogP contribution is -2.71. The molecule has 0 amide bonds. The molecule has 39 heavy (non-hydrogen) atoms. The molecule has 220 valence electrons. The van der Waals surface area contributed by atoms with E-state index >= 15 is 0 Å². The van der Waals surface area contributed by atoms with Gasteiger partial charge in [-0.3, -0.25) is 9.80 Å². The summed E-state index contributed by atoms with van der Waals surface area (Å²) in [6.45, 7) is 5.14. The van der Waals surface area contributed by atoms with Gasteiger partial charge in [0.25, 0.3) is 0 Å². The first-order valence-electron chi connectivity index (χ1n) is 13.9. The average Bonchev–Trinajstić information content (AvgIpc) is 2.89. The largest absolute Gasteiger partial charge is 0.393 e. The van der Waals surface area contributed by atoms with Gasteiger partial charge in [-0.05, 0) is 101 Å². The fourth-order valence-electron chi connectivity index (χ4n) is 6.30. The van der Waals surface area contributed by atoms with Crippen LogP contribution in [0.2, 0.25) is 0 Å². The van der Waals surface area contributed by atoms with Gasteiger partial charge in [0.2, 0.25) is 0 Å². The fourth-order valence-corrected chi connectivity index (χ4v) is 6.30. The Morgan fingerprint density at radius 3 is 1.74 bits per heavy atom. The van der Waals surface area contributed by atoms with E-state index < -0.39 is 0 Å². The van der Waals surface area contributed by atoms with Crippen LogP contribution in [-0.2, 0) is 0 Å². The highest BCUT2D eigenvalue weighted by atomic mass is 35.5. The van der Waals surface area contributed by atoms with Gasteiger partial charge in [0, 0.05) is 43.8 Å². The summed E-state index contributed by atoms with van der Waals surface area (Å²) in [6, 6.07) is 14.1. The maximum Gasteiger partial charge on any atom is 0.123 e. The van der Waals surface area contributed by atoms with Crippen molar-refractivity contribution >= 4 is 24.8 Å². The number of aliphatic hydroxyl groups excluding tert-OH is 1. The van der Waals surface area contributed by atoms with E-state index in [-0.39, 0.29) is 60.2 Å². The predicted octanol–water partition coefficient (Wildman–Crippen LogP) is 5.49. The van der Waals surface area contributed by atoms with Gasteiger partial charge in [-0.2, -0.15) is 0 Å². The molecule has 0 bridgehead atoms. The Morgan fingerprint density at radius 1 is 0.821 bits per heavy atom. The maximum atomic E-state index is 13.4. The van der Waals surface area contributed by atoms with E-state index in [0.29, 0.717) is 0 Å². The number of nitrogens with one attached hydrogen (secondary N) is 2. The number of benzene rings is 2. The van der Waals surface area contributed by atoms with Gasteiger partial charge in [-0.15, -0.1) is 24.8 Å². The number of aliphatic hydroxyl groups is 1. The van der Waals surface area contributed by atoms with E-state index in [2.05, 4.69) is 20.4 Å². The van der Waals surface area contributed by atoms with E-state index in [1.165, 1.54) is 12.1 Å². The SMILES string of the molecule is CNC(CCCN1CC(CCCC(NC)c2ccc(F)cc2)(N2CCC(O)CC2)C1)c1ccc(F)cc1.Cl.Cl. The van der Waals surface area contributed by atoms with Crippen LogP contribution in [0.15, 0.2) is 48.5 Å². The predicted molar refractivity (Wildman–Crippen MR) is 160 cm³/mol. The molecule has 2 atom stereocenters. The highest BCUT2D eigenvalue weighted by Crippen LogP contribution is 2.36. The van der Waals surface area contributed by atoms with Crippen molar-refractivity contribution in [1.29, 1.82) is 0 Å². The standard InChI is InChI=1S/C30H44F2N4O.2ClH/c1-33-28(23-7-11-25(31)12-8-23)5-3-17-30(36-19-15-27(37)16-20-36)21-35(22-30)18-4-6-29(34-2)24-9-13-26(32)14-10-24;;/h7-14,27-29,33-34,37H,3-6,15-22H2,1-2H3;2*1H. The summed E-state index contributed by atoms with van der Waals surface area (Å²) in [5.41, 5.74) is 2.45. The summed E-state index contributed by atoms with van der Waals surface area (Å²) < 4.78 is 26.7. The van der Waals surface area contributed by atoms with Crippen molar-refractivity contribution in [3.8, 4) is 0 Å². The summed E-state index contributed by atoms with van der Waals surface area (Å²) in [7, 11) is 3.95. The molecule has 0 spiro atoms. The molecule has 3 N–H and O–H groups in total. The van der Waals surface area contributed by atoms with Crippen LogP contribution >= 0.6 is 24.8 Å². The molecule has 2 aromatic carbocycles. The van der Waals surface area contributed by atoms with Gasteiger partial charge in [0.05, 0.1) is 6.10 Å². The van der Waals surface area contributed by atoms with Gasteiger partial charge < -0.3 is 15.7 Å². The maximum absolute atomic E-state index is 13.4. The molecular weight excluding hydrogens is 541 g/mol. The second-order valence-corrected chi connectivity index (χ2v) is 11.0. The van der Waals surface area contributed by atoms with Crippen molar-refractivity contribution in [3.05, 3.63) is 71.3 Å². The number of nitrogens with zero attached hydrogens (tertiary/aromatic N) is 2. The molecule has 5 nitrogen and oxygen atoms in total. The number of hydrogen-bond donors (Lipinski definition) is 3. The number of piperidine rings is 1. The monoisotopic (exact) mass is 586 g/mol. The first-order valence-corrected chi connectivity index (χ1v) is 13.9. The molecule has 0 radical (unpaired) electrons. The van der Waals surface area contributed by atoms with Crippen LogP contribution in [0, 0.1) is 11.6 Å². The van der Waals surface area contributed by atoms with E-state index in [9.17, 15) is 13.9 Å². The van der Waals surface area contributed by atoms with E-state index in [0.717, 1.165) is 88.8 Å². The molecule has 0 aliphatic carbocycles. The third-order valence-electron chi connectivity index (χ3n) is 8.51. The normalized spacial score (nSPS) is 19.4. The van der Waals surface area contributed by atoms with Crippen LogP contribution in [0.4, 0.5) is 8.78 Å². The van der Waals surface area contributed by atoms with Gasteiger partial charge in [-0.1, -0.05) is 24.3 Å². The third kappa shape index (κ3) is 9.09. The number of rotatable bonds is 13. The molecule has 2 aromatic rings. The zero-order valence-electron chi connectivity index (χ0n) is 23.3. The zero-order chi connectivity index (χ0) is 26.3. The number of halogens is 4. The van der Waals surface area contributed by atoms with Crippen LogP contribution in [0.1, 0.15) is 68.2 Å². The summed E-state index contributed by atoms with van der Waals surface area (Å²) >= 11 is 0. The minimum atomic E-state index is -0.196. The smallest absolute Gasteiger partial charge is 0.123 e. The average molecular weight is 588 g/mol. The Bertz CT molecular complexity index is 952. The third-order valence-corrected chi connectivity index (χ3v) is 8.51. The van der Waals surface area contributed by atoms with E-state index in [1.807, 2.05) is 38.4 Å². The molecule has 0 saturated carbocycles. The fraction of sp³-hybridized carbons (Fsp3) is 0.600.